The maximum Gasteiger partial charge on any atom is 0.136 e. The molecule has 0 amide bonds. The Bertz CT molecular complexity index is 577. The van der Waals surface area contributed by atoms with Gasteiger partial charge in [-0.25, -0.2) is 8.78 Å². The minimum absolute atomic E-state index is 0.0169. The fourth-order valence-electron chi connectivity index (χ4n) is 1.72. The summed E-state index contributed by atoms with van der Waals surface area (Å²) >= 11 is 0. The summed E-state index contributed by atoms with van der Waals surface area (Å²) in [6, 6.07) is 7.71. The molecule has 2 aromatic carbocycles. The molecule has 0 aliphatic heterocycles. The van der Waals surface area contributed by atoms with E-state index < -0.39 is 11.6 Å². The zero-order chi connectivity index (χ0) is 12.6. The predicted octanol–water partition coefficient (Wildman–Crippen LogP) is 3.83. The van der Waals surface area contributed by atoms with Gasteiger partial charge in [-0.15, -0.1) is 0 Å². The first-order valence-corrected chi connectivity index (χ1v) is 5.32. The van der Waals surface area contributed by atoms with E-state index in [9.17, 15) is 8.78 Å². The van der Waals surface area contributed by atoms with E-state index in [4.69, 9.17) is 5.73 Å². The molecule has 0 fully saturated rings. The maximum atomic E-state index is 13.9. The second-order valence-corrected chi connectivity index (χ2v) is 4.12. The van der Waals surface area contributed by atoms with Gasteiger partial charge < -0.3 is 5.73 Å². The molecule has 0 bridgehead atoms. The Morgan fingerprint density at radius 1 is 0.941 bits per heavy atom. The van der Waals surface area contributed by atoms with Crippen molar-refractivity contribution in [3.8, 4) is 11.1 Å². The topological polar surface area (TPSA) is 26.0 Å². The monoisotopic (exact) mass is 233 g/mol. The summed E-state index contributed by atoms with van der Waals surface area (Å²) in [7, 11) is 0. The Balaban J connectivity index is 2.68. The van der Waals surface area contributed by atoms with Crippen LogP contribution in [-0.4, -0.2) is 0 Å². The second-order valence-electron chi connectivity index (χ2n) is 4.12. The Labute approximate surface area is 98.9 Å². The normalized spacial score (nSPS) is 10.6. The largest absolute Gasteiger partial charge is 0.398 e. The number of nitrogens with two attached hydrogens (primary N) is 1. The number of benzene rings is 2. The van der Waals surface area contributed by atoms with Crippen LogP contribution in [0, 0.1) is 25.5 Å². The maximum absolute atomic E-state index is 13.9. The van der Waals surface area contributed by atoms with Crippen molar-refractivity contribution in [2.75, 3.05) is 5.73 Å². The SMILES string of the molecule is Cc1ccc(-c2c(F)ccc(C)c2F)cc1N. The average molecular weight is 233 g/mol. The number of aryl methyl sites for hydroxylation is 2. The van der Waals surface area contributed by atoms with Crippen molar-refractivity contribution in [2.45, 2.75) is 13.8 Å². The molecule has 1 nitrogen and oxygen atoms in total. The van der Waals surface area contributed by atoms with Gasteiger partial charge in [0, 0.05) is 5.69 Å². The number of nitrogen functional groups attached to an aromatic ring is 1. The first-order valence-electron chi connectivity index (χ1n) is 5.32. The third-order valence-electron chi connectivity index (χ3n) is 2.85. The molecule has 2 N–H and O–H groups in total. The highest BCUT2D eigenvalue weighted by Crippen LogP contribution is 2.30. The molecule has 17 heavy (non-hydrogen) atoms. The van der Waals surface area contributed by atoms with Crippen molar-refractivity contribution in [1.82, 2.24) is 0 Å². The molecule has 0 spiro atoms. The Kier molecular flexibility index (Phi) is 2.84. The van der Waals surface area contributed by atoms with E-state index in [0.29, 0.717) is 16.8 Å². The molecular formula is C14H13F2N. The van der Waals surface area contributed by atoms with Gasteiger partial charge in [-0.2, -0.15) is 0 Å². The highest BCUT2D eigenvalue weighted by Gasteiger charge is 2.13. The van der Waals surface area contributed by atoms with Gasteiger partial charge >= 0.3 is 0 Å². The molecule has 0 saturated heterocycles. The van der Waals surface area contributed by atoms with Crippen LogP contribution in [0.3, 0.4) is 0 Å². The van der Waals surface area contributed by atoms with E-state index in [1.165, 1.54) is 12.1 Å². The average Bonchev–Trinajstić information content (AvgIpc) is 2.29. The lowest BCUT2D eigenvalue weighted by Crippen LogP contribution is -1.95. The molecule has 2 rings (SSSR count). The van der Waals surface area contributed by atoms with Gasteiger partial charge in [-0.05, 0) is 42.7 Å². The van der Waals surface area contributed by atoms with Crippen molar-refractivity contribution in [3.05, 3.63) is 53.1 Å². The highest BCUT2D eigenvalue weighted by molar-refractivity contribution is 5.70. The van der Waals surface area contributed by atoms with Crippen LogP contribution in [0.25, 0.3) is 11.1 Å². The van der Waals surface area contributed by atoms with Crippen LogP contribution in [0.1, 0.15) is 11.1 Å². The minimum atomic E-state index is -0.573. The zero-order valence-corrected chi connectivity index (χ0v) is 9.72. The van der Waals surface area contributed by atoms with E-state index in [2.05, 4.69) is 0 Å². The molecule has 0 heterocycles. The van der Waals surface area contributed by atoms with Crippen LogP contribution in [-0.2, 0) is 0 Å². The Morgan fingerprint density at radius 2 is 1.59 bits per heavy atom. The van der Waals surface area contributed by atoms with E-state index in [-0.39, 0.29) is 5.56 Å². The molecule has 88 valence electrons. The molecule has 0 radical (unpaired) electrons. The Morgan fingerprint density at radius 3 is 2.24 bits per heavy atom. The highest BCUT2D eigenvalue weighted by atomic mass is 19.1. The molecule has 0 saturated carbocycles. The second kappa shape index (κ2) is 4.17. The number of halogens is 2. The van der Waals surface area contributed by atoms with E-state index in [1.54, 1.807) is 25.1 Å². The van der Waals surface area contributed by atoms with Gasteiger partial charge in [0.25, 0.3) is 0 Å². The van der Waals surface area contributed by atoms with Crippen LogP contribution >= 0.6 is 0 Å². The van der Waals surface area contributed by atoms with Crippen molar-refractivity contribution in [1.29, 1.82) is 0 Å². The summed E-state index contributed by atoms with van der Waals surface area (Å²) in [5.41, 5.74) is 8.04. The molecular weight excluding hydrogens is 220 g/mol. The standard InChI is InChI=1S/C14H13F2N/c1-8-3-5-10(7-12(8)17)13-11(15)6-4-9(2)14(13)16/h3-7H,17H2,1-2H3. The lowest BCUT2D eigenvalue weighted by Gasteiger charge is -2.09. The fraction of sp³-hybridized carbons (Fsp3) is 0.143. The van der Waals surface area contributed by atoms with Crippen molar-refractivity contribution < 1.29 is 8.78 Å². The van der Waals surface area contributed by atoms with Crippen LogP contribution < -0.4 is 5.73 Å². The summed E-state index contributed by atoms with van der Waals surface area (Å²) in [6.07, 6.45) is 0. The van der Waals surface area contributed by atoms with Crippen LogP contribution in [0.4, 0.5) is 14.5 Å². The zero-order valence-electron chi connectivity index (χ0n) is 9.72. The van der Waals surface area contributed by atoms with Gasteiger partial charge in [0.15, 0.2) is 0 Å². The van der Waals surface area contributed by atoms with Gasteiger partial charge in [0.05, 0.1) is 5.56 Å². The smallest absolute Gasteiger partial charge is 0.136 e. The van der Waals surface area contributed by atoms with Crippen LogP contribution in [0.5, 0.6) is 0 Å². The molecule has 0 aliphatic carbocycles. The predicted molar refractivity (Wildman–Crippen MR) is 65.7 cm³/mol. The lowest BCUT2D eigenvalue weighted by atomic mass is 10.00. The van der Waals surface area contributed by atoms with E-state index in [1.807, 2.05) is 6.92 Å². The molecule has 0 atom stereocenters. The number of rotatable bonds is 1. The lowest BCUT2D eigenvalue weighted by molar-refractivity contribution is 0.584. The summed E-state index contributed by atoms with van der Waals surface area (Å²) in [5, 5.41) is 0. The van der Waals surface area contributed by atoms with Crippen LogP contribution in [0.2, 0.25) is 0 Å². The molecule has 3 heteroatoms. The van der Waals surface area contributed by atoms with E-state index in [0.717, 1.165) is 5.56 Å². The summed E-state index contributed by atoms with van der Waals surface area (Å²) in [5.74, 6) is -1.11. The number of anilines is 1. The fourth-order valence-corrected chi connectivity index (χ4v) is 1.72. The summed E-state index contributed by atoms with van der Waals surface area (Å²) < 4.78 is 27.6. The van der Waals surface area contributed by atoms with Crippen molar-refractivity contribution in [2.24, 2.45) is 0 Å². The van der Waals surface area contributed by atoms with Gasteiger partial charge in [-0.1, -0.05) is 18.2 Å². The molecule has 2 aromatic rings. The van der Waals surface area contributed by atoms with E-state index >= 15 is 0 Å². The summed E-state index contributed by atoms with van der Waals surface area (Å²) in [4.78, 5) is 0. The Hall–Kier alpha value is -1.90. The molecule has 0 unspecified atom stereocenters. The van der Waals surface area contributed by atoms with Crippen molar-refractivity contribution in [3.63, 3.8) is 0 Å². The molecule has 0 aliphatic rings. The van der Waals surface area contributed by atoms with Crippen LogP contribution in [0.15, 0.2) is 30.3 Å². The number of hydrogen-bond donors (Lipinski definition) is 1. The third kappa shape index (κ3) is 2.00. The molecule has 0 aromatic heterocycles. The quantitative estimate of drug-likeness (QED) is 0.744. The first-order chi connectivity index (χ1) is 8.00. The minimum Gasteiger partial charge on any atom is -0.398 e. The van der Waals surface area contributed by atoms with Crippen molar-refractivity contribution >= 4 is 5.69 Å². The third-order valence-corrected chi connectivity index (χ3v) is 2.85. The van der Waals surface area contributed by atoms with Gasteiger partial charge in [-0.3, -0.25) is 0 Å². The summed E-state index contributed by atoms with van der Waals surface area (Å²) in [6.45, 7) is 3.46. The van der Waals surface area contributed by atoms with Gasteiger partial charge in [0.2, 0.25) is 0 Å². The first kappa shape index (κ1) is 11.6. The number of hydrogen-bond acceptors (Lipinski definition) is 1. The van der Waals surface area contributed by atoms with Gasteiger partial charge in [0.1, 0.15) is 11.6 Å².